The van der Waals surface area contributed by atoms with E-state index in [1.165, 1.54) is 12.1 Å². The van der Waals surface area contributed by atoms with E-state index in [1.807, 2.05) is 12.3 Å². The number of nitrogens with zero attached hydrogens (tertiary/aromatic N) is 1. The van der Waals surface area contributed by atoms with E-state index in [0.717, 1.165) is 44.6 Å². The van der Waals surface area contributed by atoms with Crippen LogP contribution in [-0.4, -0.2) is 36.5 Å². The van der Waals surface area contributed by atoms with Crippen molar-refractivity contribution >= 4 is 17.7 Å². The van der Waals surface area contributed by atoms with Crippen LogP contribution < -0.4 is 0 Å². The Morgan fingerprint density at radius 1 is 0.931 bits per heavy atom. The molecular weight excluding hydrogens is 377 g/mol. The molecule has 0 bridgehead atoms. The zero-order chi connectivity index (χ0) is 21.0. The fourth-order valence-corrected chi connectivity index (χ4v) is 4.06. The minimum absolute atomic E-state index is 0.328. The number of ether oxygens (including phenoxy) is 2. The van der Waals surface area contributed by atoms with Crippen LogP contribution in [0.3, 0.4) is 0 Å². The molecule has 3 rings (SSSR count). The first-order valence-electron chi connectivity index (χ1n) is 9.57. The first-order chi connectivity index (χ1) is 13.9. The van der Waals surface area contributed by atoms with Crippen molar-refractivity contribution in [2.75, 3.05) is 14.2 Å². The fourth-order valence-electron chi connectivity index (χ4n) is 4.06. The van der Waals surface area contributed by atoms with Gasteiger partial charge in [-0.3, -0.25) is 14.4 Å². The van der Waals surface area contributed by atoms with Crippen molar-refractivity contribution < 1.29 is 28.2 Å². The molecule has 1 aliphatic rings. The van der Waals surface area contributed by atoms with Crippen molar-refractivity contribution in [3.63, 3.8) is 0 Å². The molecule has 1 fully saturated rings. The third-order valence-electron chi connectivity index (χ3n) is 5.64. The lowest BCUT2D eigenvalue weighted by Gasteiger charge is -2.38. The molecule has 2 aromatic rings. The highest BCUT2D eigenvalue weighted by Crippen LogP contribution is 2.39. The Labute approximate surface area is 168 Å². The van der Waals surface area contributed by atoms with E-state index < -0.39 is 29.2 Å². The molecule has 0 radical (unpaired) electrons. The largest absolute Gasteiger partial charge is 0.468 e. The van der Waals surface area contributed by atoms with Crippen molar-refractivity contribution in [1.29, 1.82) is 0 Å². The van der Waals surface area contributed by atoms with Crippen LogP contribution in [0.1, 0.15) is 32.1 Å². The maximum atomic E-state index is 13.5. The minimum Gasteiger partial charge on any atom is -0.468 e. The highest BCUT2D eigenvalue weighted by Gasteiger charge is 2.50. The summed E-state index contributed by atoms with van der Waals surface area (Å²) in [5, 5.41) is 0. The highest BCUT2D eigenvalue weighted by molar-refractivity contribution is 6.17. The molecular formula is C22H24FNO5. The second kappa shape index (κ2) is 8.59. The second-order valence-electron chi connectivity index (χ2n) is 7.25. The second-order valence-corrected chi connectivity index (χ2v) is 7.25. The molecule has 0 atom stereocenters. The predicted octanol–water partition coefficient (Wildman–Crippen LogP) is 3.48. The Morgan fingerprint density at radius 2 is 1.52 bits per heavy atom. The number of benzene rings is 1. The zero-order valence-corrected chi connectivity index (χ0v) is 16.5. The van der Waals surface area contributed by atoms with E-state index in [-0.39, 0.29) is 5.82 Å². The smallest absolute Gasteiger partial charge is 0.327 e. The topological polar surface area (TPSA) is 74.6 Å². The number of aromatic nitrogens is 1. The molecule has 0 unspecified atom stereocenters. The molecule has 0 aliphatic heterocycles. The van der Waals surface area contributed by atoms with Gasteiger partial charge in [0.1, 0.15) is 11.4 Å². The molecule has 1 heterocycles. The van der Waals surface area contributed by atoms with Gasteiger partial charge in [-0.2, -0.15) is 0 Å². The summed E-state index contributed by atoms with van der Waals surface area (Å²) in [5.74, 6) is -4.31. The van der Waals surface area contributed by atoms with Crippen molar-refractivity contribution in [3.8, 4) is 11.1 Å². The minimum atomic E-state index is -1.63. The van der Waals surface area contributed by atoms with E-state index >= 15 is 0 Å². The first kappa shape index (κ1) is 20.8. The van der Waals surface area contributed by atoms with Crippen molar-refractivity contribution in [2.24, 2.45) is 5.92 Å². The summed E-state index contributed by atoms with van der Waals surface area (Å²) in [6.45, 7) is 0. The maximum Gasteiger partial charge on any atom is 0.327 e. The number of esters is 2. The third-order valence-corrected chi connectivity index (χ3v) is 5.64. The summed E-state index contributed by atoms with van der Waals surface area (Å²) < 4.78 is 24.4. The van der Waals surface area contributed by atoms with Gasteiger partial charge in [0.15, 0.2) is 5.78 Å². The molecule has 7 heteroatoms. The van der Waals surface area contributed by atoms with Gasteiger partial charge in [0, 0.05) is 12.4 Å². The number of ketones is 1. The Bertz CT molecular complexity index is 880. The maximum absolute atomic E-state index is 13.5. The first-order valence-corrected chi connectivity index (χ1v) is 9.57. The van der Waals surface area contributed by atoms with Crippen LogP contribution in [0.2, 0.25) is 0 Å². The summed E-state index contributed by atoms with van der Waals surface area (Å²) >= 11 is 0. The normalized spacial score (nSPS) is 15.7. The summed E-state index contributed by atoms with van der Waals surface area (Å²) in [4.78, 5) is 38.0. The van der Waals surface area contributed by atoms with Crippen LogP contribution in [0.15, 0.2) is 42.7 Å². The molecule has 1 aromatic heterocycles. The SMILES string of the molecule is COC(=O)C(C(=O)OC)C(=O)C1(n2ccc(-c3ccc(F)cc3)c2)CCCCC1. The monoisotopic (exact) mass is 401 g/mol. The van der Waals surface area contributed by atoms with Gasteiger partial charge in [0.05, 0.1) is 14.2 Å². The van der Waals surface area contributed by atoms with Crippen LogP contribution in [0.25, 0.3) is 11.1 Å². The Kier molecular flexibility index (Phi) is 6.15. The Balaban J connectivity index is 2.03. The van der Waals surface area contributed by atoms with Crippen molar-refractivity contribution in [3.05, 3.63) is 48.5 Å². The third kappa shape index (κ3) is 3.95. The average molecular weight is 401 g/mol. The van der Waals surface area contributed by atoms with Gasteiger partial charge in [-0.1, -0.05) is 31.4 Å². The molecule has 29 heavy (non-hydrogen) atoms. The molecule has 6 nitrogen and oxygen atoms in total. The number of methoxy groups -OCH3 is 2. The van der Waals surface area contributed by atoms with Gasteiger partial charge in [-0.05, 0) is 42.2 Å². The highest BCUT2D eigenvalue weighted by atomic mass is 19.1. The van der Waals surface area contributed by atoms with Gasteiger partial charge in [0.2, 0.25) is 5.92 Å². The number of hydrogen-bond acceptors (Lipinski definition) is 5. The average Bonchev–Trinajstić information content (AvgIpc) is 3.25. The number of Topliss-reactive ketones (excluding diaryl/α,β-unsaturated/α-hetero) is 1. The Morgan fingerprint density at radius 3 is 2.07 bits per heavy atom. The number of carbonyl (C=O) groups excluding carboxylic acids is 3. The van der Waals surface area contributed by atoms with Crippen LogP contribution in [0.4, 0.5) is 4.39 Å². The van der Waals surface area contributed by atoms with Gasteiger partial charge in [-0.25, -0.2) is 4.39 Å². The van der Waals surface area contributed by atoms with Crippen LogP contribution >= 0.6 is 0 Å². The molecule has 1 aromatic carbocycles. The predicted molar refractivity (Wildman–Crippen MR) is 103 cm³/mol. The molecule has 0 N–H and O–H groups in total. The Hall–Kier alpha value is -2.96. The molecule has 0 spiro atoms. The van der Waals surface area contributed by atoms with E-state index in [2.05, 4.69) is 0 Å². The zero-order valence-electron chi connectivity index (χ0n) is 16.5. The summed E-state index contributed by atoms with van der Waals surface area (Å²) in [5.41, 5.74) is 0.584. The van der Waals surface area contributed by atoms with Gasteiger partial charge < -0.3 is 14.0 Å². The summed E-state index contributed by atoms with van der Waals surface area (Å²) in [6, 6.07) is 7.91. The van der Waals surface area contributed by atoms with Crippen molar-refractivity contribution in [2.45, 2.75) is 37.6 Å². The van der Waals surface area contributed by atoms with Crippen LogP contribution in [0.5, 0.6) is 0 Å². The molecule has 0 amide bonds. The van der Waals surface area contributed by atoms with Crippen LogP contribution in [-0.2, 0) is 29.4 Å². The van der Waals surface area contributed by atoms with E-state index in [0.29, 0.717) is 12.8 Å². The lowest BCUT2D eigenvalue weighted by molar-refractivity contribution is -0.164. The van der Waals surface area contributed by atoms with Gasteiger partial charge in [0.25, 0.3) is 0 Å². The van der Waals surface area contributed by atoms with Crippen LogP contribution in [0, 0.1) is 11.7 Å². The lowest BCUT2D eigenvalue weighted by atomic mass is 9.74. The van der Waals surface area contributed by atoms with Crippen molar-refractivity contribution in [1.82, 2.24) is 4.57 Å². The van der Waals surface area contributed by atoms with E-state index in [1.54, 1.807) is 22.9 Å². The number of rotatable bonds is 6. The van der Waals surface area contributed by atoms with Gasteiger partial charge >= 0.3 is 11.9 Å². The standard InChI is InChI=1S/C22H24FNO5/c1-28-20(26)18(21(27)29-2)19(25)22(11-4-3-5-12-22)24-13-10-16(14-24)15-6-8-17(23)9-7-15/h6-10,13-14,18H,3-5,11-12H2,1-2H3. The molecule has 0 saturated heterocycles. The quantitative estimate of drug-likeness (QED) is 0.547. The van der Waals surface area contributed by atoms with E-state index in [4.69, 9.17) is 9.47 Å². The summed E-state index contributed by atoms with van der Waals surface area (Å²) in [7, 11) is 2.28. The number of carbonyl (C=O) groups is 3. The molecule has 1 aliphatic carbocycles. The number of hydrogen-bond donors (Lipinski definition) is 0. The molecule has 1 saturated carbocycles. The fraction of sp³-hybridized carbons (Fsp3) is 0.409. The van der Waals surface area contributed by atoms with Gasteiger partial charge in [-0.15, -0.1) is 0 Å². The molecule has 154 valence electrons. The van der Waals surface area contributed by atoms with E-state index in [9.17, 15) is 18.8 Å². The lowest BCUT2D eigenvalue weighted by Crippen LogP contribution is -2.50. The number of halogens is 1. The summed E-state index contributed by atoms with van der Waals surface area (Å²) in [6.07, 6.45) is 7.16.